The largest absolute Gasteiger partial charge is 0.508 e. The molecule has 5 nitrogen and oxygen atoms in total. The predicted molar refractivity (Wildman–Crippen MR) is 48.9 cm³/mol. The average molecular weight is 182 g/mol. The summed E-state index contributed by atoms with van der Waals surface area (Å²) in [4.78, 5) is 10.2. The molecule has 0 spiro atoms. The minimum absolute atomic E-state index is 0.0614. The van der Waals surface area contributed by atoms with Gasteiger partial charge in [-0.25, -0.2) is 5.01 Å². The fourth-order valence-electron chi connectivity index (χ4n) is 0.975. The van der Waals surface area contributed by atoms with Crippen LogP contribution in [0.25, 0.3) is 0 Å². The van der Waals surface area contributed by atoms with Crippen LogP contribution in [0.5, 0.6) is 11.5 Å². The molecular weight excluding hydrogens is 172 g/mol. The molecule has 1 aromatic carbocycles. The zero-order chi connectivity index (χ0) is 9.84. The maximum Gasteiger partial charge on any atom is 0.144 e. The second-order valence-electron chi connectivity index (χ2n) is 2.46. The van der Waals surface area contributed by atoms with Crippen molar-refractivity contribution < 1.29 is 9.84 Å². The van der Waals surface area contributed by atoms with Gasteiger partial charge in [0.2, 0.25) is 0 Å². The molecular formula is C8H10N2O3. The number of hydrogen-bond donors (Lipinski definition) is 1. The van der Waals surface area contributed by atoms with E-state index >= 15 is 0 Å². The lowest BCUT2D eigenvalue weighted by molar-refractivity contribution is 0.412. The topological polar surface area (TPSA) is 62.1 Å². The molecule has 0 unspecified atom stereocenters. The second-order valence-corrected chi connectivity index (χ2v) is 2.46. The van der Waals surface area contributed by atoms with Gasteiger partial charge in [-0.15, -0.1) is 4.91 Å². The Morgan fingerprint density at radius 1 is 1.54 bits per heavy atom. The molecule has 0 heterocycles. The maximum atomic E-state index is 10.2. The summed E-state index contributed by atoms with van der Waals surface area (Å²) >= 11 is 0. The van der Waals surface area contributed by atoms with E-state index in [0.29, 0.717) is 11.4 Å². The van der Waals surface area contributed by atoms with E-state index in [1.807, 2.05) is 0 Å². The predicted octanol–water partition coefficient (Wildman–Crippen LogP) is 1.52. The van der Waals surface area contributed by atoms with Gasteiger partial charge in [0.15, 0.2) is 0 Å². The molecule has 1 aromatic rings. The Bertz CT molecular complexity index is 314. The molecule has 0 amide bonds. The van der Waals surface area contributed by atoms with Crippen LogP contribution in [0.4, 0.5) is 5.69 Å². The fourth-order valence-corrected chi connectivity index (χ4v) is 0.975. The second kappa shape index (κ2) is 3.75. The molecule has 1 rings (SSSR count). The Morgan fingerprint density at radius 3 is 2.77 bits per heavy atom. The van der Waals surface area contributed by atoms with E-state index in [0.717, 1.165) is 5.01 Å². The summed E-state index contributed by atoms with van der Waals surface area (Å²) in [6.07, 6.45) is 0. The van der Waals surface area contributed by atoms with Crippen LogP contribution in [0, 0.1) is 4.91 Å². The first-order valence-corrected chi connectivity index (χ1v) is 3.63. The molecule has 0 aliphatic carbocycles. The minimum Gasteiger partial charge on any atom is -0.508 e. The number of methoxy groups -OCH3 is 1. The van der Waals surface area contributed by atoms with Crippen molar-refractivity contribution in [1.29, 1.82) is 0 Å². The lowest BCUT2D eigenvalue weighted by Gasteiger charge is -2.12. The van der Waals surface area contributed by atoms with E-state index in [1.54, 1.807) is 6.07 Å². The van der Waals surface area contributed by atoms with Crippen LogP contribution in [0.2, 0.25) is 0 Å². The van der Waals surface area contributed by atoms with Gasteiger partial charge in [-0.1, -0.05) is 0 Å². The van der Waals surface area contributed by atoms with Crippen molar-refractivity contribution in [3.05, 3.63) is 23.1 Å². The van der Waals surface area contributed by atoms with Crippen LogP contribution >= 0.6 is 0 Å². The first-order valence-electron chi connectivity index (χ1n) is 3.63. The van der Waals surface area contributed by atoms with Gasteiger partial charge in [-0.3, -0.25) is 0 Å². The van der Waals surface area contributed by atoms with Crippen molar-refractivity contribution >= 4 is 5.69 Å². The summed E-state index contributed by atoms with van der Waals surface area (Å²) in [6, 6.07) is 4.44. The Hall–Kier alpha value is -1.78. The van der Waals surface area contributed by atoms with Crippen LogP contribution in [-0.4, -0.2) is 19.3 Å². The summed E-state index contributed by atoms with van der Waals surface area (Å²) in [5.41, 5.74) is 0.428. The lowest BCUT2D eigenvalue weighted by atomic mass is 10.2. The minimum atomic E-state index is 0.0614. The first-order chi connectivity index (χ1) is 6.19. The molecule has 0 atom stereocenters. The third-order valence-corrected chi connectivity index (χ3v) is 1.63. The highest BCUT2D eigenvalue weighted by Crippen LogP contribution is 2.30. The third-order valence-electron chi connectivity index (χ3n) is 1.63. The van der Waals surface area contributed by atoms with Gasteiger partial charge in [-0.05, 0) is 12.1 Å². The van der Waals surface area contributed by atoms with E-state index in [4.69, 9.17) is 9.84 Å². The Labute approximate surface area is 75.5 Å². The number of anilines is 1. The van der Waals surface area contributed by atoms with E-state index in [9.17, 15) is 4.91 Å². The van der Waals surface area contributed by atoms with E-state index in [1.165, 1.54) is 26.3 Å². The fraction of sp³-hybridized carbons (Fsp3) is 0.250. The zero-order valence-corrected chi connectivity index (χ0v) is 7.39. The molecule has 70 valence electrons. The number of nitrogens with zero attached hydrogens (tertiary/aromatic N) is 2. The third kappa shape index (κ3) is 1.87. The highest BCUT2D eigenvalue weighted by atomic mass is 16.5. The van der Waals surface area contributed by atoms with Gasteiger partial charge in [0.25, 0.3) is 0 Å². The molecule has 0 saturated carbocycles. The highest BCUT2D eigenvalue weighted by molar-refractivity contribution is 5.60. The smallest absolute Gasteiger partial charge is 0.144 e. The van der Waals surface area contributed by atoms with Gasteiger partial charge < -0.3 is 9.84 Å². The molecule has 0 bridgehead atoms. The Morgan fingerprint density at radius 2 is 2.23 bits per heavy atom. The lowest BCUT2D eigenvalue weighted by Crippen LogP contribution is -2.08. The summed E-state index contributed by atoms with van der Waals surface area (Å²) in [5, 5.41) is 12.9. The Kier molecular flexibility index (Phi) is 2.69. The summed E-state index contributed by atoms with van der Waals surface area (Å²) < 4.78 is 4.97. The number of phenolic OH excluding ortho intramolecular Hbond substituents is 1. The molecule has 1 N–H and O–H groups in total. The highest BCUT2D eigenvalue weighted by Gasteiger charge is 2.08. The molecule has 0 radical (unpaired) electrons. The van der Waals surface area contributed by atoms with Crippen LogP contribution in [-0.2, 0) is 0 Å². The van der Waals surface area contributed by atoms with E-state index in [2.05, 4.69) is 5.29 Å². The van der Waals surface area contributed by atoms with Crippen molar-refractivity contribution in [2.75, 3.05) is 19.2 Å². The van der Waals surface area contributed by atoms with Crippen LogP contribution < -0.4 is 9.75 Å². The van der Waals surface area contributed by atoms with Crippen molar-refractivity contribution in [2.24, 2.45) is 5.29 Å². The average Bonchev–Trinajstić information content (AvgIpc) is 2.16. The summed E-state index contributed by atoms with van der Waals surface area (Å²) in [7, 11) is 2.96. The molecule has 5 heteroatoms. The molecule has 0 aliphatic heterocycles. The maximum absolute atomic E-state index is 10.2. The van der Waals surface area contributed by atoms with Crippen LogP contribution in [0.15, 0.2) is 23.5 Å². The zero-order valence-electron chi connectivity index (χ0n) is 7.39. The summed E-state index contributed by atoms with van der Waals surface area (Å²) in [5.74, 6) is 0.547. The SMILES string of the molecule is COc1ccc(O)cc1N(C)N=O. The summed E-state index contributed by atoms with van der Waals surface area (Å²) in [6.45, 7) is 0. The van der Waals surface area contributed by atoms with Gasteiger partial charge in [0.05, 0.1) is 12.4 Å². The monoisotopic (exact) mass is 182 g/mol. The first kappa shape index (κ1) is 9.31. The number of hydrogen-bond acceptors (Lipinski definition) is 4. The normalized spacial score (nSPS) is 9.38. The van der Waals surface area contributed by atoms with Gasteiger partial charge in [-0.2, -0.15) is 0 Å². The number of ether oxygens (including phenoxy) is 1. The van der Waals surface area contributed by atoms with Crippen molar-refractivity contribution in [3.63, 3.8) is 0 Å². The van der Waals surface area contributed by atoms with E-state index in [-0.39, 0.29) is 5.75 Å². The van der Waals surface area contributed by atoms with Crippen molar-refractivity contribution in [3.8, 4) is 11.5 Å². The molecule has 0 aliphatic rings. The number of rotatable bonds is 3. The standard InChI is InChI=1S/C8H10N2O3/c1-10(9-12)7-5-6(11)3-4-8(7)13-2/h3-5,11H,1-2H3. The number of nitroso groups, excluding NO2 is 1. The number of aromatic hydroxyl groups is 1. The Balaban J connectivity index is 3.14. The molecule has 0 aromatic heterocycles. The molecule has 0 saturated heterocycles. The molecule has 0 fully saturated rings. The number of benzene rings is 1. The van der Waals surface area contributed by atoms with Crippen LogP contribution in [0.3, 0.4) is 0 Å². The van der Waals surface area contributed by atoms with Crippen LogP contribution in [0.1, 0.15) is 0 Å². The van der Waals surface area contributed by atoms with Crippen molar-refractivity contribution in [1.82, 2.24) is 0 Å². The van der Waals surface area contributed by atoms with Gasteiger partial charge in [0, 0.05) is 13.1 Å². The van der Waals surface area contributed by atoms with Gasteiger partial charge in [0.1, 0.15) is 17.2 Å². The quantitative estimate of drug-likeness (QED) is 0.568. The van der Waals surface area contributed by atoms with Crippen molar-refractivity contribution in [2.45, 2.75) is 0 Å². The number of phenols is 1. The van der Waals surface area contributed by atoms with E-state index < -0.39 is 0 Å². The molecule has 13 heavy (non-hydrogen) atoms. The van der Waals surface area contributed by atoms with Gasteiger partial charge >= 0.3 is 0 Å².